The average Bonchev–Trinajstić information content (AvgIpc) is 2.93. The smallest absolute Gasteiger partial charge is 0.254 e. The number of hydrogen-bond donors (Lipinski definition) is 0. The van der Waals surface area contributed by atoms with Crippen molar-refractivity contribution in [2.45, 2.75) is 44.0 Å². The van der Waals surface area contributed by atoms with E-state index in [0.29, 0.717) is 24.6 Å². The van der Waals surface area contributed by atoms with Gasteiger partial charge in [-0.15, -0.1) is 0 Å². The number of amides is 1. The van der Waals surface area contributed by atoms with Crippen LogP contribution in [0.1, 0.15) is 42.1 Å². The summed E-state index contributed by atoms with van der Waals surface area (Å²) in [5, 5.41) is 0. The normalized spacial score (nSPS) is 21.0. The lowest BCUT2D eigenvalue weighted by atomic mass is 10.1. The second-order valence-electron chi connectivity index (χ2n) is 6.81. The number of ether oxygens (including phenoxy) is 1. The first kappa shape index (κ1) is 18.9. The monoisotopic (exact) mass is 353 g/mol. The summed E-state index contributed by atoms with van der Waals surface area (Å²) in [5.74, 6) is 0.505. The minimum atomic E-state index is -3.34. The van der Waals surface area contributed by atoms with Gasteiger partial charge >= 0.3 is 0 Å². The van der Waals surface area contributed by atoms with Gasteiger partial charge in [0.15, 0.2) is 9.84 Å². The molecule has 2 atom stereocenters. The molecule has 0 aliphatic heterocycles. The average molecular weight is 353 g/mol. The Hall–Kier alpha value is -1.40. The second-order valence-corrected chi connectivity index (χ2v) is 8.83. The van der Waals surface area contributed by atoms with E-state index in [0.717, 1.165) is 31.1 Å². The summed E-state index contributed by atoms with van der Waals surface area (Å²) in [4.78, 5) is 15.2. The predicted octanol–water partition coefficient (Wildman–Crippen LogP) is 2.68. The van der Waals surface area contributed by atoms with Gasteiger partial charge in [-0.05, 0) is 49.8 Å². The van der Waals surface area contributed by atoms with Gasteiger partial charge in [-0.25, -0.2) is 8.42 Å². The second kappa shape index (κ2) is 7.66. The fourth-order valence-corrected chi connectivity index (χ4v) is 3.96. The van der Waals surface area contributed by atoms with Crippen molar-refractivity contribution < 1.29 is 17.9 Å². The molecule has 1 saturated carbocycles. The van der Waals surface area contributed by atoms with E-state index in [9.17, 15) is 13.2 Å². The molecule has 0 aromatic heterocycles. The lowest BCUT2D eigenvalue weighted by Gasteiger charge is -2.30. The molecule has 1 aliphatic carbocycles. The molecular weight excluding hydrogens is 326 g/mol. The van der Waals surface area contributed by atoms with Crippen molar-refractivity contribution in [2.24, 2.45) is 5.92 Å². The molecule has 0 saturated heterocycles. The zero-order valence-electron chi connectivity index (χ0n) is 14.9. The number of carbonyl (C=O) groups is 1. The Morgan fingerprint density at radius 2 is 2.04 bits per heavy atom. The van der Waals surface area contributed by atoms with Crippen molar-refractivity contribution in [2.75, 3.05) is 26.5 Å². The molecule has 2 unspecified atom stereocenters. The summed E-state index contributed by atoms with van der Waals surface area (Å²) in [6.07, 6.45) is 4.25. The van der Waals surface area contributed by atoms with Crippen molar-refractivity contribution in [3.05, 3.63) is 29.3 Å². The van der Waals surface area contributed by atoms with Crippen LogP contribution in [0.2, 0.25) is 0 Å². The summed E-state index contributed by atoms with van der Waals surface area (Å²) in [6.45, 7) is 5.04. The van der Waals surface area contributed by atoms with Crippen molar-refractivity contribution in [3.8, 4) is 0 Å². The van der Waals surface area contributed by atoms with Crippen LogP contribution in [0.5, 0.6) is 0 Å². The molecule has 134 valence electrons. The van der Waals surface area contributed by atoms with Crippen LogP contribution in [0.25, 0.3) is 0 Å². The highest BCUT2D eigenvalue weighted by atomic mass is 32.2. The number of aryl methyl sites for hydroxylation is 1. The number of nitrogens with zero attached hydrogens (tertiary/aromatic N) is 1. The van der Waals surface area contributed by atoms with Crippen molar-refractivity contribution in [1.29, 1.82) is 0 Å². The van der Waals surface area contributed by atoms with Gasteiger partial charge in [0.05, 0.1) is 11.5 Å². The highest BCUT2D eigenvalue weighted by Crippen LogP contribution is 2.30. The third-order valence-corrected chi connectivity index (χ3v) is 5.88. The van der Waals surface area contributed by atoms with Crippen LogP contribution in [-0.4, -0.2) is 51.8 Å². The first-order chi connectivity index (χ1) is 11.2. The van der Waals surface area contributed by atoms with Crippen molar-refractivity contribution in [3.63, 3.8) is 0 Å². The van der Waals surface area contributed by atoms with E-state index in [1.165, 1.54) is 6.07 Å². The summed E-state index contributed by atoms with van der Waals surface area (Å²) < 4.78 is 28.8. The van der Waals surface area contributed by atoms with Gasteiger partial charge in [-0.2, -0.15) is 0 Å². The molecule has 24 heavy (non-hydrogen) atoms. The van der Waals surface area contributed by atoms with Gasteiger partial charge in [0, 0.05) is 31.5 Å². The third-order valence-electron chi connectivity index (χ3n) is 4.77. The number of carbonyl (C=O) groups excluding carboxylic acids is 1. The fourth-order valence-electron chi connectivity index (χ4n) is 3.32. The van der Waals surface area contributed by atoms with E-state index in [1.54, 1.807) is 19.2 Å². The zero-order chi connectivity index (χ0) is 17.9. The topological polar surface area (TPSA) is 63.7 Å². The number of sulfone groups is 1. The Bertz CT molecular complexity index is 699. The third kappa shape index (κ3) is 4.36. The molecule has 0 N–H and O–H groups in total. The molecule has 0 bridgehead atoms. The number of rotatable bonds is 6. The van der Waals surface area contributed by atoms with Crippen LogP contribution in [0.15, 0.2) is 23.1 Å². The molecule has 0 heterocycles. The lowest BCUT2D eigenvalue weighted by molar-refractivity contribution is 0.0601. The summed E-state index contributed by atoms with van der Waals surface area (Å²) >= 11 is 0. The van der Waals surface area contributed by atoms with E-state index >= 15 is 0 Å². The summed E-state index contributed by atoms with van der Waals surface area (Å²) in [7, 11) is -1.72. The summed E-state index contributed by atoms with van der Waals surface area (Å²) in [6, 6.07) is 4.96. The van der Waals surface area contributed by atoms with E-state index in [-0.39, 0.29) is 16.8 Å². The molecule has 1 fully saturated rings. The van der Waals surface area contributed by atoms with Gasteiger partial charge in [-0.3, -0.25) is 4.79 Å². The number of methoxy groups -OCH3 is 1. The van der Waals surface area contributed by atoms with Crippen LogP contribution in [0, 0.1) is 12.8 Å². The maximum atomic E-state index is 13.1. The van der Waals surface area contributed by atoms with Gasteiger partial charge in [0.1, 0.15) is 0 Å². The van der Waals surface area contributed by atoms with E-state index < -0.39 is 9.84 Å². The predicted molar refractivity (Wildman–Crippen MR) is 94.0 cm³/mol. The van der Waals surface area contributed by atoms with Gasteiger partial charge in [0.2, 0.25) is 0 Å². The van der Waals surface area contributed by atoms with E-state index in [1.807, 2.05) is 11.8 Å². The van der Waals surface area contributed by atoms with Crippen molar-refractivity contribution in [1.82, 2.24) is 4.90 Å². The fraction of sp³-hybridized carbons (Fsp3) is 0.611. The van der Waals surface area contributed by atoms with Crippen LogP contribution < -0.4 is 0 Å². The summed E-state index contributed by atoms with van der Waals surface area (Å²) in [5.41, 5.74) is 1.26. The van der Waals surface area contributed by atoms with E-state index in [4.69, 9.17) is 4.74 Å². The Labute approximate surface area is 144 Å². The van der Waals surface area contributed by atoms with Gasteiger partial charge in [0.25, 0.3) is 5.91 Å². The molecule has 1 amide bonds. The van der Waals surface area contributed by atoms with Gasteiger partial charge in [-0.1, -0.05) is 13.0 Å². The maximum absolute atomic E-state index is 13.1. The highest BCUT2D eigenvalue weighted by molar-refractivity contribution is 7.90. The molecule has 2 rings (SSSR count). The molecule has 0 radical (unpaired) electrons. The van der Waals surface area contributed by atoms with Gasteiger partial charge < -0.3 is 9.64 Å². The first-order valence-corrected chi connectivity index (χ1v) is 10.2. The van der Waals surface area contributed by atoms with Crippen LogP contribution >= 0.6 is 0 Å². The minimum Gasteiger partial charge on any atom is -0.383 e. The largest absolute Gasteiger partial charge is 0.383 e. The Kier molecular flexibility index (Phi) is 6.04. The standard InChI is InChI=1S/C18H27NO4S/c1-13-5-7-15(11-13)19(9-10-23-3)18(20)17-12-16(24(4,21)22)8-6-14(17)2/h6,8,12-13,15H,5,7,9-11H2,1-4H3. The van der Waals surface area contributed by atoms with Crippen LogP contribution in [0.4, 0.5) is 0 Å². The Morgan fingerprint density at radius 3 is 2.58 bits per heavy atom. The molecule has 1 aromatic carbocycles. The Balaban J connectivity index is 2.35. The SMILES string of the molecule is COCCN(C(=O)c1cc(S(C)(=O)=O)ccc1C)C1CCC(C)C1. The quantitative estimate of drug-likeness (QED) is 0.789. The number of benzene rings is 1. The van der Waals surface area contributed by atoms with Crippen LogP contribution in [0.3, 0.4) is 0 Å². The number of hydrogen-bond acceptors (Lipinski definition) is 4. The molecule has 6 heteroatoms. The maximum Gasteiger partial charge on any atom is 0.254 e. The molecule has 1 aromatic rings. The molecular formula is C18H27NO4S. The molecule has 0 spiro atoms. The first-order valence-electron chi connectivity index (χ1n) is 8.34. The minimum absolute atomic E-state index is 0.103. The zero-order valence-corrected chi connectivity index (χ0v) is 15.7. The molecule has 1 aliphatic rings. The van der Waals surface area contributed by atoms with Crippen molar-refractivity contribution >= 4 is 15.7 Å². The lowest BCUT2D eigenvalue weighted by Crippen LogP contribution is -2.41. The Morgan fingerprint density at radius 1 is 1.33 bits per heavy atom. The molecule has 5 nitrogen and oxygen atoms in total. The highest BCUT2D eigenvalue weighted by Gasteiger charge is 2.31. The van der Waals surface area contributed by atoms with E-state index in [2.05, 4.69) is 6.92 Å². The van der Waals surface area contributed by atoms with Crippen LogP contribution in [-0.2, 0) is 14.6 Å².